The summed E-state index contributed by atoms with van der Waals surface area (Å²) in [6.45, 7) is 5.30. The first kappa shape index (κ1) is 14.5. The van der Waals surface area contributed by atoms with Crippen molar-refractivity contribution in [1.29, 1.82) is 0 Å². The maximum absolute atomic E-state index is 4.70. The molecular weight excluding hydrogens is 246 g/mol. The van der Waals surface area contributed by atoms with E-state index in [9.17, 15) is 0 Å². The van der Waals surface area contributed by atoms with E-state index in [0.29, 0.717) is 0 Å². The molecule has 0 aliphatic carbocycles. The molecule has 2 aromatic rings. The van der Waals surface area contributed by atoms with Crippen LogP contribution in [0.1, 0.15) is 38.8 Å². The Labute approximate surface area is 121 Å². The molecule has 0 bridgehead atoms. The van der Waals surface area contributed by atoms with Crippen molar-refractivity contribution in [1.82, 2.24) is 9.97 Å². The van der Waals surface area contributed by atoms with Gasteiger partial charge in [-0.05, 0) is 19.3 Å². The highest BCUT2D eigenvalue weighted by molar-refractivity contribution is 5.57. The van der Waals surface area contributed by atoms with Gasteiger partial charge in [0, 0.05) is 23.9 Å². The molecule has 0 amide bonds. The summed E-state index contributed by atoms with van der Waals surface area (Å²) in [7, 11) is 0. The zero-order valence-corrected chi connectivity index (χ0v) is 12.4. The molecule has 2 rings (SSSR count). The summed E-state index contributed by atoms with van der Waals surface area (Å²) in [4.78, 5) is 9.33. The first-order chi connectivity index (χ1) is 9.83. The molecule has 0 saturated carbocycles. The van der Waals surface area contributed by atoms with Gasteiger partial charge in [0.2, 0.25) is 0 Å². The van der Waals surface area contributed by atoms with E-state index >= 15 is 0 Å². The molecule has 0 atom stereocenters. The summed E-state index contributed by atoms with van der Waals surface area (Å²) >= 11 is 0. The van der Waals surface area contributed by atoms with Gasteiger partial charge in [-0.3, -0.25) is 0 Å². The van der Waals surface area contributed by atoms with Crippen molar-refractivity contribution in [2.75, 3.05) is 11.9 Å². The number of anilines is 1. The third kappa shape index (κ3) is 4.05. The van der Waals surface area contributed by atoms with E-state index in [4.69, 9.17) is 4.98 Å². The molecule has 0 saturated heterocycles. The molecule has 0 unspecified atom stereocenters. The molecule has 1 N–H and O–H groups in total. The van der Waals surface area contributed by atoms with Gasteiger partial charge in [0.25, 0.3) is 0 Å². The van der Waals surface area contributed by atoms with Crippen molar-refractivity contribution < 1.29 is 0 Å². The molecule has 0 aliphatic rings. The summed E-state index contributed by atoms with van der Waals surface area (Å²) in [5.74, 6) is 1.75. The second kappa shape index (κ2) is 7.63. The Morgan fingerprint density at radius 3 is 2.50 bits per heavy atom. The van der Waals surface area contributed by atoms with E-state index < -0.39 is 0 Å². The second-order valence-electron chi connectivity index (χ2n) is 4.96. The zero-order chi connectivity index (χ0) is 14.2. The van der Waals surface area contributed by atoms with Gasteiger partial charge in [-0.15, -0.1) is 0 Å². The predicted octanol–water partition coefficient (Wildman–Crippen LogP) is 4.31. The van der Waals surface area contributed by atoms with E-state index in [1.807, 2.05) is 18.2 Å². The summed E-state index contributed by atoms with van der Waals surface area (Å²) < 4.78 is 0. The Kier molecular flexibility index (Phi) is 5.54. The number of nitrogens with zero attached hydrogens (tertiary/aromatic N) is 2. The van der Waals surface area contributed by atoms with Gasteiger partial charge in [0.15, 0.2) is 5.82 Å². The number of benzene rings is 1. The minimum atomic E-state index is 0.817. The number of nitrogens with one attached hydrogen (secondary N) is 1. The highest BCUT2D eigenvalue weighted by Crippen LogP contribution is 2.18. The number of rotatable bonds is 7. The average Bonchev–Trinajstić information content (AvgIpc) is 2.51. The minimum Gasteiger partial charge on any atom is -0.370 e. The Balaban J connectivity index is 2.29. The van der Waals surface area contributed by atoms with Crippen molar-refractivity contribution in [3.05, 3.63) is 42.1 Å². The average molecular weight is 269 g/mol. The van der Waals surface area contributed by atoms with Crippen LogP contribution in [0.4, 0.5) is 5.82 Å². The summed E-state index contributed by atoms with van der Waals surface area (Å²) in [5.41, 5.74) is 2.20. The van der Waals surface area contributed by atoms with Crippen LogP contribution in [0.5, 0.6) is 0 Å². The smallest absolute Gasteiger partial charge is 0.161 e. The van der Waals surface area contributed by atoms with Crippen LogP contribution in [0.2, 0.25) is 0 Å². The van der Waals surface area contributed by atoms with Crippen LogP contribution in [0.25, 0.3) is 11.4 Å². The van der Waals surface area contributed by atoms with Crippen molar-refractivity contribution in [2.24, 2.45) is 0 Å². The third-order valence-corrected chi connectivity index (χ3v) is 3.15. The highest BCUT2D eigenvalue weighted by atomic mass is 15.0. The first-order valence-corrected chi connectivity index (χ1v) is 7.50. The Bertz CT molecular complexity index is 497. The molecule has 20 heavy (non-hydrogen) atoms. The van der Waals surface area contributed by atoms with Crippen LogP contribution in [0.3, 0.4) is 0 Å². The lowest BCUT2D eigenvalue weighted by molar-refractivity contribution is 0.774. The number of hydrogen-bond donors (Lipinski definition) is 1. The normalized spacial score (nSPS) is 10.5. The van der Waals surface area contributed by atoms with Crippen LogP contribution in [0.15, 0.2) is 36.4 Å². The van der Waals surface area contributed by atoms with Gasteiger partial charge in [-0.25, -0.2) is 9.97 Å². The molecule has 0 spiro atoms. The number of aryl methyl sites for hydroxylation is 1. The fourth-order valence-electron chi connectivity index (χ4n) is 2.04. The van der Waals surface area contributed by atoms with Crippen LogP contribution in [0, 0.1) is 0 Å². The lowest BCUT2D eigenvalue weighted by Crippen LogP contribution is -2.05. The van der Waals surface area contributed by atoms with Gasteiger partial charge in [-0.1, -0.05) is 50.6 Å². The molecule has 0 radical (unpaired) electrons. The number of aromatic nitrogens is 2. The van der Waals surface area contributed by atoms with Gasteiger partial charge < -0.3 is 5.32 Å². The van der Waals surface area contributed by atoms with E-state index in [-0.39, 0.29) is 0 Å². The molecule has 0 aliphatic heterocycles. The van der Waals surface area contributed by atoms with Crippen LogP contribution < -0.4 is 5.32 Å². The highest BCUT2D eigenvalue weighted by Gasteiger charge is 2.06. The largest absolute Gasteiger partial charge is 0.370 e. The lowest BCUT2D eigenvalue weighted by atomic mass is 10.1. The van der Waals surface area contributed by atoms with Gasteiger partial charge >= 0.3 is 0 Å². The number of hydrogen-bond acceptors (Lipinski definition) is 3. The molecule has 1 aromatic heterocycles. The van der Waals surface area contributed by atoms with Gasteiger partial charge in [0.05, 0.1) is 0 Å². The van der Waals surface area contributed by atoms with E-state index in [1.165, 1.54) is 12.8 Å². The molecule has 1 heterocycles. The topological polar surface area (TPSA) is 37.8 Å². The molecule has 106 valence electrons. The van der Waals surface area contributed by atoms with Crippen LogP contribution >= 0.6 is 0 Å². The monoisotopic (exact) mass is 269 g/mol. The molecular formula is C17H23N3. The van der Waals surface area contributed by atoms with Gasteiger partial charge in [0.1, 0.15) is 5.82 Å². The van der Waals surface area contributed by atoms with Crippen LogP contribution in [-0.2, 0) is 6.42 Å². The Morgan fingerprint density at radius 2 is 1.80 bits per heavy atom. The second-order valence-corrected chi connectivity index (χ2v) is 4.96. The SMILES string of the molecule is CCCCc1cc(NCCC)nc(-c2ccccc2)n1. The maximum atomic E-state index is 4.70. The Hall–Kier alpha value is -1.90. The fraction of sp³-hybridized carbons (Fsp3) is 0.412. The Morgan fingerprint density at radius 1 is 1.00 bits per heavy atom. The molecule has 3 heteroatoms. The molecule has 1 aromatic carbocycles. The fourth-order valence-corrected chi connectivity index (χ4v) is 2.04. The van der Waals surface area contributed by atoms with Crippen molar-refractivity contribution in [3.8, 4) is 11.4 Å². The lowest BCUT2D eigenvalue weighted by Gasteiger charge is -2.09. The van der Waals surface area contributed by atoms with Crippen molar-refractivity contribution >= 4 is 5.82 Å². The standard InChI is InChI=1S/C17H23N3/c1-3-5-11-15-13-16(18-12-4-2)20-17(19-15)14-9-7-6-8-10-14/h6-10,13H,3-5,11-12H2,1-2H3,(H,18,19,20). The quantitative estimate of drug-likeness (QED) is 0.814. The summed E-state index contributed by atoms with van der Waals surface area (Å²) in [5, 5.41) is 3.37. The van der Waals surface area contributed by atoms with Crippen LogP contribution in [-0.4, -0.2) is 16.5 Å². The summed E-state index contributed by atoms with van der Waals surface area (Å²) in [6.07, 6.45) is 4.45. The number of unbranched alkanes of at least 4 members (excludes halogenated alkanes) is 1. The predicted molar refractivity (Wildman–Crippen MR) is 84.9 cm³/mol. The zero-order valence-electron chi connectivity index (χ0n) is 12.4. The summed E-state index contributed by atoms with van der Waals surface area (Å²) in [6, 6.07) is 12.3. The third-order valence-electron chi connectivity index (χ3n) is 3.15. The van der Waals surface area contributed by atoms with E-state index in [0.717, 1.165) is 42.3 Å². The van der Waals surface area contributed by atoms with E-state index in [2.05, 4.69) is 42.3 Å². The molecule has 3 nitrogen and oxygen atoms in total. The minimum absolute atomic E-state index is 0.817. The first-order valence-electron chi connectivity index (χ1n) is 7.50. The van der Waals surface area contributed by atoms with Gasteiger partial charge in [-0.2, -0.15) is 0 Å². The molecule has 0 fully saturated rings. The van der Waals surface area contributed by atoms with Crippen molar-refractivity contribution in [3.63, 3.8) is 0 Å². The van der Waals surface area contributed by atoms with Crippen molar-refractivity contribution in [2.45, 2.75) is 39.5 Å². The maximum Gasteiger partial charge on any atom is 0.161 e. The van der Waals surface area contributed by atoms with E-state index in [1.54, 1.807) is 0 Å².